The summed E-state index contributed by atoms with van der Waals surface area (Å²) in [7, 11) is 0. The molecule has 3 nitrogen and oxygen atoms in total. The molecule has 1 saturated carbocycles. The zero-order chi connectivity index (χ0) is 12.9. The van der Waals surface area contributed by atoms with E-state index in [0.29, 0.717) is 12.0 Å². The van der Waals surface area contributed by atoms with Crippen LogP contribution >= 0.6 is 0 Å². The molecule has 1 atom stereocenters. The van der Waals surface area contributed by atoms with E-state index in [4.69, 9.17) is 0 Å². The van der Waals surface area contributed by atoms with Gasteiger partial charge in [-0.25, -0.2) is 4.79 Å². The number of hydrogen-bond donors (Lipinski definition) is 2. The minimum absolute atomic E-state index is 0.00741. The Morgan fingerprint density at radius 2 is 1.82 bits per heavy atom. The number of amides is 2. The maximum absolute atomic E-state index is 11.7. The Balaban J connectivity index is 2.20. The van der Waals surface area contributed by atoms with Gasteiger partial charge in [-0.05, 0) is 24.2 Å². The van der Waals surface area contributed by atoms with E-state index in [1.54, 1.807) is 0 Å². The number of rotatable bonds is 3. The summed E-state index contributed by atoms with van der Waals surface area (Å²) < 4.78 is 0. The van der Waals surface area contributed by atoms with Gasteiger partial charge in [-0.3, -0.25) is 0 Å². The van der Waals surface area contributed by atoms with Crippen molar-refractivity contribution in [2.75, 3.05) is 6.54 Å². The molecule has 1 unspecified atom stereocenters. The summed E-state index contributed by atoms with van der Waals surface area (Å²) >= 11 is 0. The van der Waals surface area contributed by atoms with Crippen molar-refractivity contribution in [2.24, 2.45) is 11.3 Å². The molecule has 1 rings (SSSR count). The highest BCUT2D eigenvalue weighted by Crippen LogP contribution is 2.24. The Hall–Kier alpha value is -0.730. The van der Waals surface area contributed by atoms with Gasteiger partial charge in [0.25, 0.3) is 0 Å². The fraction of sp³-hybridized carbons (Fsp3) is 0.929. The van der Waals surface area contributed by atoms with Gasteiger partial charge in [-0.15, -0.1) is 0 Å². The predicted octanol–water partition coefficient (Wildman–Crippen LogP) is 3.30. The van der Waals surface area contributed by atoms with Crippen LogP contribution in [-0.4, -0.2) is 18.6 Å². The summed E-state index contributed by atoms with van der Waals surface area (Å²) in [6, 6.07) is 0.404. The normalized spacial score (nSPS) is 19.8. The lowest BCUT2D eigenvalue weighted by atomic mass is 9.82. The van der Waals surface area contributed by atoms with Gasteiger partial charge in [-0.2, -0.15) is 0 Å². The predicted molar refractivity (Wildman–Crippen MR) is 72.0 cm³/mol. The molecule has 100 valence electrons. The van der Waals surface area contributed by atoms with Gasteiger partial charge in [0, 0.05) is 12.6 Å². The van der Waals surface area contributed by atoms with Gasteiger partial charge in [-0.1, -0.05) is 47.0 Å². The third-order valence-electron chi connectivity index (χ3n) is 3.99. The molecule has 0 radical (unpaired) electrons. The Morgan fingerprint density at radius 3 is 2.35 bits per heavy atom. The van der Waals surface area contributed by atoms with Crippen LogP contribution in [0, 0.1) is 11.3 Å². The van der Waals surface area contributed by atoms with Crippen LogP contribution in [0.3, 0.4) is 0 Å². The van der Waals surface area contributed by atoms with Gasteiger partial charge >= 0.3 is 6.03 Å². The minimum Gasteiger partial charge on any atom is -0.338 e. The summed E-state index contributed by atoms with van der Waals surface area (Å²) in [6.07, 6.45) is 6.11. The summed E-state index contributed by atoms with van der Waals surface area (Å²) in [5, 5.41) is 6.06. The topological polar surface area (TPSA) is 41.1 Å². The quantitative estimate of drug-likeness (QED) is 0.781. The lowest BCUT2D eigenvalue weighted by Gasteiger charge is -2.28. The van der Waals surface area contributed by atoms with E-state index in [0.717, 1.165) is 19.4 Å². The summed E-state index contributed by atoms with van der Waals surface area (Å²) in [4.78, 5) is 11.7. The standard InChI is InChI=1S/C14H28N2O/c1-11(14(2,3)4)10-15-13(17)16-12-8-6-5-7-9-12/h11-12H,5-10H2,1-4H3,(H2,15,16,17). The average molecular weight is 240 g/mol. The van der Waals surface area contributed by atoms with Gasteiger partial charge in [0.15, 0.2) is 0 Å². The number of carbonyl (C=O) groups is 1. The van der Waals surface area contributed by atoms with E-state index in [-0.39, 0.29) is 11.4 Å². The Morgan fingerprint density at radius 1 is 1.24 bits per heavy atom. The molecular weight excluding hydrogens is 212 g/mol. The SMILES string of the molecule is CC(CNC(=O)NC1CCCCC1)C(C)(C)C. The van der Waals surface area contributed by atoms with Crippen molar-refractivity contribution in [1.29, 1.82) is 0 Å². The molecule has 17 heavy (non-hydrogen) atoms. The van der Waals surface area contributed by atoms with Crippen LogP contribution < -0.4 is 10.6 Å². The third-order valence-corrected chi connectivity index (χ3v) is 3.99. The number of hydrogen-bond acceptors (Lipinski definition) is 1. The largest absolute Gasteiger partial charge is 0.338 e. The monoisotopic (exact) mass is 240 g/mol. The Bertz CT molecular complexity index is 239. The van der Waals surface area contributed by atoms with Crippen molar-refractivity contribution in [1.82, 2.24) is 10.6 Å². The average Bonchev–Trinajstić information content (AvgIpc) is 2.26. The molecule has 3 heteroatoms. The van der Waals surface area contributed by atoms with E-state index in [2.05, 4.69) is 38.3 Å². The second-order valence-corrected chi connectivity index (χ2v) is 6.46. The molecule has 0 aromatic rings. The lowest BCUT2D eigenvalue weighted by Crippen LogP contribution is -2.45. The van der Waals surface area contributed by atoms with Crippen LogP contribution in [0.4, 0.5) is 4.79 Å². The highest BCUT2D eigenvalue weighted by atomic mass is 16.2. The van der Waals surface area contributed by atoms with Crippen molar-refractivity contribution in [3.05, 3.63) is 0 Å². The number of urea groups is 1. The molecule has 0 bridgehead atoms. The van der Waals surface area contributed by atoms with Crippen LogP contribution in [0.5, 0.6) is 0 Å². The van der Waals surface area contributed by atoms with Crippen LogP contribution in [0.2, 0.25) is 0 Å². The molecule has 0 saturated heterocycles. The second kappa shape index (κ2) is 6.27. The first-order chi connectivity index (χ1) is 7.89. The molecule has 2 N–H and O–H groups in total. The first-order valence-corrected chi connectivity index (χ1v) is 6.94. The molecule has 0 spiro atoms. The minimum atomic E-state index is 0.00741. The lowest BCUT2D eigenvalue weighted by molar-refractivity contribution is 0.219. The second-order valence-electron chi connectivity index (χ2n) is 6.46. The van der Waals surface area contributed by atoms with Crippen LogP contribution in [-0.2, 0) is 0 Å². The van der Waals surface area contributed by atoms with Crippen LogP contribution in [0.25, 0.3) is 0 Å². The zero-order valence-electron chi connectivity index (χ0n) is 11.8. The van der Waals surface area contributed by atoms with E-state index in [1.807, 2.05) is 0 Å². The van der Waals surface area contributed by atoms with E-state index in [9.17, 15) is 4.79 Å². The first-order valence-electron chi connectivity index (χ1n) is 6.94. The van der Waals surface area contributed by atoms with Crippen molar-refractivity contribution < 1.29 is 4.79 Å². The molecule has 1 aliphatic rings. The molecule has 0 aromatic heterocycles. The van der Waals surface area contributed by atoms with Crippen molar-refractivity contribution in [2.45, 2.75) is 65.8 Å². The Labute approximate surface area is 106 Å². The fourth-order valence-corrected chi connectivity index (χ4v) is 2.04. The molecule has 1 aliphatic carbocycles. The highest BCUT2D eigenvalue weighted by molar-refractivity contribution is 5.74. The molecule has 0 heterocycles. The van der Waals surface area contributed by atoms with Gasteiger partial charge in [0.05, 0.1) is 0 Å². The molecule has 0 aliphatic heterocycles. The van der Waals surface area contributed by atoms with Crippen molar-refractivity contribution >= 4 is 6.03 Å². The van der Waals surface area contributed by atoms with Crippen molar-refractivity contribution in [3.63, 3.8) is 0 Å². The smallest absolute Gasteiger partial charge is 0.315 e. The van der Waals surface area contributed by atoms with Crippen LogP contribution in [0.15, 0.2) is 0 Å². The molecule has 1 fully saturated rings. The van der Waals surface area contributed by atoms with Crippen LogP contribution in [0.1, 0.15) is 59.8 Å². The maximum Gasteiger partial charge on any atom is 0.315 e. The van der Waals surface area contributed by atoms with E-state index >= 15 is 0 Å². The highest BCUT2D eigenvalue weighted by Gasteiger charge is 2.21. The van der Waals surface area contributed by atoms with E-state index in [1.165, 1.54) is 19.3 Å². The van der Waals surface area contributed by atoms with E-state index < -0.39 is 0 Å². The summed E-state index contributed by atoms with van der Waals surface area (Å²) in [6.45, 7) is 9.55. The number of nitrogens with one attached hydrogen (secondary N) is 2. The first kappa shape index (κ1) is 14.3. The van der Waals surface area contributed by atoms with Gasteiger partial charge in [0.2, 0.25) is 0 Å². The fourth-order valence-electron chi connectivity index (χ4n) is 2.04. The molecular formula is C14H28N2O. The zero-order valence-corrected chi connectivity index (χ0v) is 11.8. The van der Waals surface area contributed by atoms with Crippen molar-refractivity contribution in [3.8, 4) is 0 Å². The summed E-state index contributed by atoms with van der Waals surface area (Å²) in [5.74, 6) is 0.486. The van der Waals surface area contributed by atoms with Gasteiger partial charge in [0.1, 0.15) is 0 Å². The number of carbonyl (C=O) groups excluding carboxylic acids is 1. The third kappa shape index (κ3) is 5.42. The Kier molecular flexibility index (Phi) is 5.29. The molecule has 2 amide bonds. The maximum atomic E-state index is 11.7. The van der Waals surface area contributed by atoms with Gasteiger partial charge < -0.3 is 10.6 Å². The molecule has 0 aromatic carbocycles. The summed E-state index contributed by atoms with van der Waals surface area (Å²) in [5.41, 5.74) is 0.248.